The second kappa shape index (κ2) is 7.32. The molecule has 0 fully saturated rings. The summed E-state index contributed by atoms with van der Waals surface area (Å²) >= 11 is 0. The van der Waals surface area contributed by atoms with E-state index in [0.717, 1.165) is 19.3 Å². The van der Waals surface area contributed by atoms with Gasteiger partial charge in [0.1, 0.15) is 0 Å². The molecule has 0 aliphatic heterocycles. The van der Waals surface area contributed by atoms with Crippen molar-refractivity contribution in [3.63, 3.8) is 0 Å². The minimum atomic E-state index is 0.785. The highest BCUT2D eigenvalue weighted by molar-refractivity contribution is 5.60. The monoisotopic (exact) mass is 155 g/mol. The van der Waals surface area contributed by atoms with E-state index < -0.39 is 0 Å². The minimum Gasteiger partial charge on any atom is -0.411 e. The molecule has 0 amide bonds. The Balaban J connectivity index is 3.73. The van der Waals surface area contributed by atoms with Gasteiger partial charge < -0.3 is 5.21 Å². The van der Waals surface area contributed by atoms with Crippen molar-refractivity contribution in [1.82, 2.24) is 0 Å². The molecule has 11 heavy (non-hydrogen) atoms. The number of unbranched alkanes of at least 4 members (excludes halogenated alkanes) is 1. The van der Waals surface area contributed by atoms with E-state index in [1.54, 1.807) is 0 Å². The fourth-order valence-electron chi connectivity index (χ4n) is 0.879. The van der Waals surface area contributed by atoms with E-state index in [-0.39, 0.29) is 0 Å². The van der Waals surface area contributed by atoms with Gasteiger partial charge in [0.15, 0.2) is 0 Å². The average molecular weight is 155 g/mol. The smallest absolute Gasteiger partial charge is 0.0476 e. The Kier molecular flexibility index (Phi) is 6.79. The standard InChI is InChI=1S/C9H17NO/c1-3-5-6-9(4-2)7-8-10-11/h6,8,11H,3-5,7H2,1-2H3. The quantitative estimate of drug-likeness (QED) is 0.281. The minimum absolute atomic E-state index is 0.785. The predicted octanol–water partition coefficient (Wildman–Crippen LogP) is 2.97. The topological polar surface area (TPSA) is 32.6 Å². The number of allylic oxidation sites excluding steroid dienone is 2. The van der Waals surface area contributed by atoms with Gasteiger partial charge in [-0.15, -0.1) is 5.16 Å². The summed E-state index contributed by atoms with van der Waals surface area (Å²) in [5.74, 6) is 0. The summed E-state index contributed by atoms with van der Waals surface area (Å²) in [6.45, 7) is 4.27. The molecule has 0 aromatic heterocycles. The van der Waals surface area contributed by atoms with Gasteiger partial charge in [-0.2, -0.15) is 0 Å². The van der Waals surface area contributed by atoms with E-state index in [9.17, 15) is 0 Å². The highest BCUT2D eigenvalue weighted by atomic mass is 16.4. The summed E-state index contributed by atoms with van der Waals surface area (Å²) in [4.78, 5) is 0. The summed E-state index contributed by atoms with van der Waals surface area (Å²) in [6, 6.07) is 0. The van der Waals surface area contributed by atoms with Crippen molar-refractivity contribution in [2.45, 2.75) is 39.5 Å². The van der Waals surface area contributed by atoms with Crippen LogP contribution in [-0.2, 0) is 0 Å². The summed E-state index contributed by atoms with van der Waals surface area (Å²) in [6.07, 6.45) is 7.90. The normalized spacial score (nSPS) is 12.7. The van der Waals surface area contributed by atoms with Crippen molar-refractivity contribution >= 4 is 6.21 Å². The predicted molar refractivity (Wildman–Crippen MR) is 48.2 cm³/mol. The Morgan fingerprint density at radius 3 is 2.64 bits per heavy atom. The number of hydrogen-bond donors (Lipinski definition) is 1. The molecule has 0 saturated heterocycles. The molecule has 64 valence electrons. The van der Waals surface area contributed by atoms with E-state index >= 15 is 0 Å². The lowest BCUT2D eigenvalue weighted by molar-refractivity contribution is 0.320. The van der Waals surface area contributed by atoms with Crippen LogP contribution in [0.15, 0.2) is 16.8 Å². The van der Waals surface area contributed by atoms with Gasteiger partial charge in [0.05, 0.1) is 0 Å². The van der Waals surface area contributed by atoms with Gasteiger partial charge >= 0.3 is 0 Å². The Bertz CT molecular complexity index is 138. The van der Waals surface area contributed by atoms with Gasteiger partial charge in [-0.3, -0.25) is 0 Å². The molecule has 0 bridgehead atoms. The maximum absolute atomic E-state index is 8.18. The van der Waals surface area contributed by atoms with Crippen LogP contribution >= 0.6 is 0 Å². The first-order valence-electron chi connectivity index (χ1n) is 4.18. The molecule has 0 aromatic carbocycles. The molecule has 0 aromatic rings. The fourth-order valence-corrected chi connectivity index (χ4v) is 0.879. The Morgan fingerprint density at radius 2 is 2.18 bits per heavy atom. The van der Waals surface area contributed by atoms with Crippen LogP contribution in [0.2, 0.25) is 0 Å². The molecule has 0 saturated carbocycles. The van der Waals surface area contributed by atoms with Crippen molar-refractivity contribution in [2.75, 3.05) is 0 Å². The van der Waals surface area contributed by atoms with Gasteiger partial charge in [-0.05, 0) is 12.8 Å². The molecule has 0 heterocycles. The summed E-state index contributed by atoms with van der Waals surface area (Å²) in [5.41, 5.74) is 1.35. The zero-order valence-electron chi connectivity index (χ0n) is 7.38. The molecular weight excluding hydrogens is 138 g/mol. The van der Waals surface area contributed by atoms with E-state index in [1.165, 1.54) is 18.2 Å². The number of hydrogen-bond acceptors (Lipinski definition) is 2. The van der Waals surface area contributed by atoms with E-state index in [2.05, 4.69) is 25.1 Å². The van der Waals surface area contributed by atoms with Crippen molar-refractivity contribution in [3.05, 3.63) is 11.6 Å². The average Bonchev–Trinajstić information content (AvgIpc) is 2.05. The van der Waals surface area contributed by atoms with Crippen molar-refractivity contribution < 1.29 is 5.21 Å². The second-order valence-electron chi connectivity index (χ2n) is 2.51. The first-order chi connectivity index (χ1) is 5.35. The summed E-state index contributed by atoms with van der Waals surface area (Å²) < 4.78 is 0. The highest BCUT2D eigenvalue weighted by Crippen LogP contribution is 2.06. The van der Waals surface area contributed by atoms with Gasteiger partial charge in [0.25, 0.3) is 0 Å². The van der Waals surface area contributed by atoms with Crippen LogP contribution < -0.4 is 0 Å². The molecule has 0 aliphatic rings. The first kappa shape index (κ1) is 10.2. The van der Waals surface area contributed by atoms with Crippen molar-refractivity contribution in [2.24, 2.45) is 5.16 Å². The lowest BCUT2D eigenvalue weighted by Crippen LogP contribution is -1.83. The number of rotatable bonds is 5. The second-order valence-corrected chi connectivity index (χ2v) is 2.51. The van der Waals surface area contributed by atoms with Crippen LogP contribution in [0.25, 0.3) is 0 Å². The fraction of sp³-hybridized carbons (Fsp3) is 0.667. The largest absolute Gasteiger partial charge is 0.411 e. The third-order valence-electron chi connectivity index (χ3n) is 1.61. The molecule has 1 N–H and O–H groups in total. The third-order valence-corrected chi connectivity index (χ3v) is 1.61. The van der Waals surface area contributed by atoms with Crippen LogP contribution in [-0.4, -0.2) is 11.4 Å². The lowest BCUT2D eigenvalue weighted by atomic mass is 10.1. The number of nitrogens with zero attached hydrogens (tertiary/aromatic N) is 1. The molecule has 2 heteroatoms. The van der Waals surface area contributed by atoms with Gasteiger partial charge in [0.2, 0.25) is 0 Å². The van der Waals surface area contributed by atoms with Crippen LogP contribution in [0.1, 0.15) is 39.5 Å². The number of oxime groups is 1. The third kappa shape index (κ3) is 5.64. The lowest BCUT2D eigenvalue weighted by Gasteiger charge is -1.97. The van der Waals surface area contributed by atoms with Crippen LogP contribution in [0.3, 0.4) is 0 Å². The summed E-state index contributed by atoms with van der Waals surface area (Å²) in [5, 5.41) is 11.1. The van der Waals surface area contributed by atoms with Crippen LogP contribution in [0, 0.1) is 0 Å². The molecule has 0 radical (unpaired) electrons. The zero-order chi connectivity index (χ0) is 8.53. The Hall–Kier alpha value is -0.790. The van der Waals surface area contributed by atoms with Gasteiger partial charge in [-0.1, -0.05) is 31.9 Å². The van der Waals surface area contributed by atoms with E-state index in [4.69, 9.17) is 5.21 Å². The Labute approximate surface area is 68.6 Å². The van der Waals surface area contributed by atoms with E-state index in [0.29, 0.717) is 0 Å². The van der Waals surface area contributed by atoms with Crippen molar-refractivity contribution in [3.8, 4) is 0 Å². The maximum atomic E-state index is 8.18. The van der Waals surface area contributed by atoms with Gasteiger partial charge in [0, 0.05) is 12.6 Å². The summed E-state index contributed by atoms with van der Waals surface area (Å²) in [7, 11) is 0. The molecule has 0 unspecified atom stereocenters. The molecule has 0 aliphatic carbocycles. The zero-order valence-corrected chi connectivity index (χ0v) is 7.38. The molecule has 2 nitrogen and oxygen atoms in total. The molecule has 0 atom stereocenters. The SMILES string of the molecule is CCCC=C(CC)CC=NO. The van der Waals surface area contributed by atoms with Crippen LogP contribution in [0.4, 0.5) is 0 Å². The van der Waals surface area contributed by atoms with Gasteiger partial charge in [-0.25, -0.2) is 0 Å². The first-order valence-corrected chi connectivity index (χ1v) is 4.18. The van der Waals surface area contributed by atoms with Crippen molar-refractivity contribution in [1.29, 1.82) is 0 Å². The molecule has 0 spiro atoms. The Morgan fingerprint density at radius 1 is 1.45 bits per heavy atom. The maximum Gasteiger partial charge on any atom is 0.0476 e. The highest BCUT2D eigenvalue weighted by Gasteiger charge is 1.89. The molecule has 0 rings (SSSR count). The molecular formula is C9H17NO. The van der Waals surface area contributed by atoms with E-state index in [1.807, 2.05) is 0 Å². The van der Waals surface area contributed by atoms with Crippen LogP contribution in [0.5, 0.6) is 0 Å².